The van der Waals surface area contributed by atoms with Crippen LogP contribution in [0.1, 0.15) is 12.5 Å². The number of nitrogens with one attached hydrogen (secondary N) is 1. The molecule has 0 bridgehead atoms. The zero-order valence-electron chi connectivity index (χ0n) is 23.2. The molecule has 5 rings (SSSR count). The van der Waals surface area contributed by atoms with Crippen LogP contribution >= 0.6 is 23.2 Å². The van der Waals surface area contributed by atoms with Crippen molar-refractivity contribution in [3.8, 4) is 5.75 Å². The van der Waals surface area contributed by atoms with E-state index in [1.165, 1.54) is 0 Å². The number of piperazine rings is 1. The third-order valence-electron chi connectivity index (χ3n) is 7.04. The molecule has 2 amide bonds. The largest absolute Gasteiger partial charge is 0.491 e. The number of hydrogen-bond donors (Lipinski definition) is 1. The van der Waals surface area contributed by atoms with Crippen LogP contribution in [0.25, 0.3) is 0 Å². The number of esters is 1. The maximum absolute atomic E-state index is 12.3. The van der Waals surface area contributed by atoms with E-state index in [2.05, 4.69) is 15.2 Å². The summed E-state index contributed by atoms with van der Waals surface area (Å²) in [5.41, 5.74) is 1.72. The lowest BCUT2D eigenvalue weighted by atomic mass is 10.1. The topological polar surface area (TPSA) is 107 Å². The summed E-state index contributed by atoms with van der Waals surface area (Å²) in [6, 6.07) is 12.8. The lowest BCUT2D eigenvalue weighted by molar-refractivity contribution is -0.189. The summed E-state index contributed by atoms with van der Waals surface area (Å²) < 4.78 is 25.5. The van der Waals surface area contributed by atoms with Gasteiger partial charge in [0, 0.05) is 54.8 Å². The van der Waals surface area contributed by atoms with Gasteiger partial charge >= 0.3 is 12.0 Å². The number of amides is 2. The molecule has 2 saturated heterocycles. The molecule has 224 valence electrons. The summed E-state index contributed by atoms with van der Waals surface area (Å²) in [6.45, 7) is 5.29. The second-order valence-electron chi connectivity index (χ2n) is 9.91. The number of imidazole rings is 1. The zero-order valence-corrected chi connectivity index (χ0v) is 24.7. The second-order valence-corrected chi connectivity index (χ2v) is 10.7. The van der Waals surface area contributed by atoms with E-state index >= 15 is 0 Å². The summed E-state index contributed by atoms with van der Waals surface area (Å²) in [7, 11) is 0. The predicted octanol–water partition coefficient (Wildman–Crippen LogP) is 3.93. The normalized spacial score (nSPS) is 20.4. The van der Waals surface area contributed by atoms with Gasteiger partial charge in [0.25, 0.3) is 0 Å². The molecule has 0 saturated carbocycles. The van der Waals surface area contributed by atoms with Crippen LogP contribution in [0.5, 0.6) is 5.75 Å². The number of nitrogens with zero attached hydrogens (tertiary/aromatic N) is 4. The molecular weight excluding hydrogens is 585 g/mol. The molecule has 0 radical (unpaired) electrons. The Hall–Kier alpha value is -3.51. The Bertz CT molecular complexity index is 1350. The molecular formula is C29H33Cl2N5O6. The molecule has 1 N–H and O–H groups in total. The maximum Gasteiger partial charge on any atom is 0.325 e. The number of hydrogen-bond acceptors (Lipinski definition) is 8. The van der Waals surface area contributed by atoms with Crippen LogP contribution in [0.15, 0.2) is 61.2 Å². The van der Waals surface area contributed by atoms with Crippen molar-refractivity contribution >= 4 is 40.9 Å². The number of anilines is 1. The highest BCUT2D eigenvalue weighted by Gasteiger charge is 2.45. The molecule has 2 aliphatic heterocycles. The van der Waals surface area contributed by atoms with Crippen LogP contribution in [-0.2, 0) is 31.3 Å². The average Bonchev–Trinajstić information content (AvgIpc) is 3.66. The van der Waals surface area contributed by atoms with Crippen molar-refractivity contribution in [2.45, 2.75) is 25.4 Å². The number of urea groups is 1. The number of aromatic nitrogens is 2. The predicted molar refractivity (Wildman–Crippen MR) is 157 cm³/mol. The Labute approximate surface area is 254 Å². The van der Waals surface area contributed by atoms with Crippen LogP contribution in [0, 0.1) is 0 Å². The lowest BCUT2D eigenvalue weighted by Gasteiger charge is -2.36. The number of carbonyl (C=O) groups is 2. The summed E-state index contributed by atoms with van der Waals surface area (Å²) in [5, 5.41) is 3.59. The molecule has 2 aliphatic rings. The Morgan fingerprint density at radius 3 is 2.60 bits per heavy atom. The van der Waals surface area contributed by atoms with Crippen molar-refractivity contribution < 1.29 is 28.5 Å². The van der Waals surface area contributed by atoms with Gasteiger partial charge in [-0.25, -0.2) is 9.78 Å². The van der Waals surface area contributed by atoms with Crippen molar-refractivity contribution in [1.29, 1.82) is 0 Å². The Morgan fingerprint density at radius 1 is 1.12 bits per heavy atom. The van der Waals surface area contributed by atoms with Gasteiger partial charge in [-0.1, -0.05) is 29.3 Å². The van der Waals surface area contributed by atoms with E-state index in [1.807, 2.05) is 41.1 Å². The van der Waals surface area contributed by atoms with Crippen molar-refractivity contribution in [2.75, 3.05) is 57.4 Å². The lowest BCUT2D eigenvalue weighted by Crippen LogP contribution is -2.52. The molecule has 0 spiro atoms. The summed E-state index contributed by atoms with van der Waals surface area (Å²) in [4.78, 5) is 31.9. The number of halogens is 2. The number of rotatable bonds is 10. The van der Waals surface area contributed by atoms with Gasteiger partial charge in [-0.05, 0) is 43.3 Å². The Morgan fingerprint density at radius 2 is 1.90 bits per heavy atom. The van der Waals surface area contributed by atoms with Gasteiger partial charge in [-0.2, -0.15) is 0 Å². The van der Waals surface area contributed by atoms with Gasteiger partial charge in [-0.3, -0.25) is 4.79 Å². The third-order valence-corrected chi connectivity index (χ3v) is 7.59. The Balaban J connectivity index is 1.13. The van der Waals surface area contributed by atoms with Crippen LogP contribution < -0.4 is 15.0 Å². The third kappa shape index (κ3) is 7.27. The first kappa shape index (κ1) is 30.0. The van der Waals surface area contributed by atoms with Gasteiger partial charge in [0.15, 0.2) is 0 Å². The van der Waals surface area contributed by atoms with Crippen LogP contribution in [-0.4, -0.2) is 85.1 Å². The van der Waals surface area contributed by atoms with Crippen LogP contribution in [0.2, 0.25) is 10.0 Å². The van der Waals surface area contributed by atoms with Crippen molar-refractivity contribution in [1.82, 2.24) is 19.8 Å². The quantitative estimate of drug-likeness (QED) is 0.341. The fraction of sp³-hybridized carbons (Fsp3) is 0.414. The van der Waals surface area contributed by atoms with Crippen molar-refractivity contribution in [2.24, 2.45) is 0 Å². The molecule has 2 atom stereocenters. The van der Waals surface area contributed by atoms with Crippen molar-refractivity contribution in [3.63, 3.8) is 0 Å². The smallest absolute Gasteiger partial charge is 0.325 e. The van der Waals surface area contributed by atoms with Gasteiger partial charge in [0.2, 0.25) is 5.79 Å². The number of benzene rings is 2. The van der Waals surface area contributed by atoms with E-state index < -0.39 is 11.8 Å². The SMILES string of the molecule is CCOC(=O)CNC(=O)N1CCN(c2ccc(OC[C@@H]3CO[C@](Cn4ccnc4)(c4ccc(Cl)cc4Cl)O3)cc2)CC1. The fourth-order valence-electron chi connectivity index (χ4n) is 4.96. The molecule has 1 aromatic heterocycles. The van der Waals surface area contributed by atoms with E-state index in [9.17, 15) is 9.59 Å². The zero-order chi connectivity index (χ0) is 29.5. The highest BCUT2D eigenvalue weighted by atomic mass is 35.5. The maximum atomic E-state index is 12.3. The first-order valence-electron chi connectivity index (χ1n) is 13.7. The summed E-state index contributed by atoms with van der Waals surface area (Å²) in [5.74, 6) is -0.854. The first-order valence-corrected chi connectivity index (χ1v) is 14.5. The highest BCUT2D eigenvalue weighted by Crippen LogP contribution is 2.40. The number of carbonyl (C=O) groups excluding carboxylic acids is 2. The van der Waals surface area contributed by atoms with Crippen LogP contribution in [0.4, 0.5) is 10.5 Å². The molecule has 0 aliphatic carbocycles. The summed E-state index contributed by atoms with van der Waals surface area (Å²) in [6.07, 6.45) is 4.90. The highest BCUT2D eigenvalue weighted by molar-refractivity contribution is 6.35. The first-order chi connectivity index (χ1) is 20.3. The van der Waals surface area contributed by atoms with Gasteiger partial charge < -0.3 is 38.6 Å². The molecule has 13 heteroatoms. The minimum absolute atomic E-state index is 0.132. The summed E-state index contributed by atoms with van der Waals surface area (Å²) >= 11 is 12.7. The van der Waals surface area contributed by atoms with Crippen LogP contribution in [0.3, 0.4) is 0 Å². The fourth-order valence-corrected chi connectivity index (χ4v) is 5.51. The molecule has 11 nitrogen and oxygen atoms in total. The molecule has 2 aromatic carbocycles. The van der Waals surface area contributed by atoms with Gasteiger partial charge in [0.05, 0.1) is 31.1 Å². The minimum atomic E-state index is -1.11. The minimum Gasteiger partial charge on any atom is -0.491 e. The number of ether oxygens (including phenoxy) is 4. The van der Waals surface area contributed by atoms with Crippen molar-refractivity contribution in [3.05, 3.63) is 76.8 Å². The molecule has 42 heavy (non-hydrogen) atoms. The van der Waals surface area contributed by atoms with E-state index in [0.29, 0.717) is 60.7 Å². The second kappa shape index (κ2) is 13.6. The molecule has 0 unspecified atom stereocenters. The molecule has 3 heterocycles. The monoisotopic (exact) mass is 617 g/mol. The Kier molecular flexibility index (Phi) is 9.73. The van der Waals surface area contributed by atoms with E-state index in [1.54, 1.807) is 36.5 Å². The van der Waals surface area contributed by atoms with Gasteiger partial charge in [0.1, 0.15) is 25.0 Å². The van der Waals surface area contributed by atoms with E-state index in [-0.39, 0.29) is 31.9 Å². The van der Waals surface area contributed by atoms with Gasteiger partial charge in [-0.15, -0.1) is 0 Å². The van der Waals surface area contributed by atoms with E-state index in [0.717, 1.165) is 5.69 Å². The molecule has 2 fully saturated rings. The van der Waals surface area contributed by atoms with E-state index in [4.69, 9.17) is 42.1 Å². The molecule has 3 aromatic rings. The standard InChI is InChI=1S/C29H33Cl2N5O6/c1-2-39-27(37)16-33-28(38)36-13-11-35(12-14-36)22-4-6-23(7-5-22)40-17-24-18-41-29(42-24,19-34-10-9-32-20-34)25-8-3-21(30)15-26(25)31/h3-10,15,20,24H,2,11-14,16-19H2,1H3,(H,33,38)/t24-,29+/m1/s1. The average molecular weight is 619 g/mol.